The van der Waals surface area contributed by atoms with Crippen molar-refractivity contribution < 1.29 is 18.7 Å². The number of hydrogen-bond donors (Lipinski definition) is 1. The van der Waals surface area contributed by atoms with Crippen LogP contribution in [0, 0.1) is 6.92 Å². The lowest BCUT2D eigenvalue weighted by Gasteiger charge is -2.34. The molecule has 1 N–H and O–H groups in total. The van der Waals surface area contributed by atoms with E-state index in [0.29, 0.717) is 40.1 Å². The molecule has 0 saturated carbocycles. The first-order valence-electron chi connectivity index (χ1n) is 9.02. The average Bonchev–Trinajstić information content (AvgIpc) is 3.00. The third-order valence-corrected chi connectivity index (χ3v) is 5.62. The molecule has 7 heteroatoms. The Morgan fingerprint density at radius 2 is 2.11 bits per heavy atom. The first-order valence-corrected chi connectivity index (χ1v) is 9.82. The lowest BCUT2D eigenvalue weighted by molar-refractivity contribution is 0.0503. The molecule has 0 radical (unpaired) electrons. The molecule has 0 spiro atoms. The van der Waals surface area contributed by atoms with Gasteiger partial charge in [-0.3, -0.25) is 9.59 Å². The van der Waals surface area contributed by atoms with E-state index in [9.17, 15) is 9.59 Å². The molecular formula is C21H19BrN2O4. The van der Waals surface area contributed by atoms with Crippen molar-refractivity contribution in [1.29, 1.82) is 0 Å². The molecule has 0 fully saturated rings. The molecule has 144 valence electrons. The quantitative estimate of drug-likeness (QED) is 0.595. The highest BCUT2D eigenvalue weighted by Crippen LogP contribution is 2.41. The summed E-state index contributed by atoms with van der Waals surface area (Å²) in [6.07, 6.45) is 2.62. The third kappa shape index (κ3) is 3.09. The van der Waals surface area contributed by atoms with Gasteiger partial charge in [0, 0.05) is 21.6 Å². The van der Waals surface area contributed by atoms with Gasteiger partial charge in [0.25, 0.3) is 5.91 Å². The summed E-state index contributed by atoms with van der Waals surface area (Å²) in [6.45, 7) is 5.71. The maximum absolute atomic E-state index is 12.9. The number of fused-ring (bicyclic) bond motifs is 3. The van der Waals surface area contributed by atoms with E-state index in [2.05, 4.69) is 26.2 Å². The topological polar surface area (TPSA) is 81.4 Å². The molecule has 1 aromatic carbocycles. The summed E-state index contributed by atoms with van der Waals surface area (Å²) in [6, 6.07) is 6.95. The van der Waals surface area contributed by atoms with Gasteiger partial charge in [-0.25, -0.2) is 4.98 Å². The number of halogens is 1. The van der Waals surface area contributed by atoms with Crippen LogP contribution < -0.4 is 10.1 Å². The summed E-state index contributed by atoms with van der Waals surface area (Å²) >= 11 is 3.31. The Labute approximate surface area is 170 Å². The Kier molecular flexibility index (Phi) is 4.50. The van der Waals surface area contributed by atoms with Crippen LogP contribution in [0.25, 0.3) is 11.0 Å². The molecule has 3 heterocycles. The minimum Gasteiger partial charge on any atom is -0.486 e. The second kappa shape index (κ2) is 6.74. The van der Waals surface area contributed by atoms with Crippen LogP contribution in [0.3, 0.4) is 0 Å². The molecule has 0 saturated heterocycles. The van der Waals surface area contributed by atoms with Crippen molar-refractivity contribution in [3.8, 4) is 5.75 Å². The number of hydrogen-bond acceptors (Lipinski definition) is 5. The highest BCUT2D eigenvalue weighted by Gasteiger charge is 2.37. The monoisotopic (exact) mass is 442 g/mol. The Balaban J connectivity index is 1.75. The third-order valence-electron chi connectivity index (χ3n) is 5.15. The van der Waals surface area contributed by atoms with Crippen LogP contribution in [0.4, 0.5) is 5.82 Å². The molecule has 3 aromatic rings. The van der Waals surface area contributed by atoms with E-state index in [0.717, 1.165) is 10.9 Å². The fourth-order valence-electron chi connectivity index (χ4n) is 3.45. The summed E-state index contributed by atoms with van der Waals surface area (Å²) < 4.78 is 12.7. The number of carbonyl (C=O) groups is 2. The van der Waals surface area contributed by atoms with Gasteiger partial charge in [-0.2, -0.15) is 0 Å². The zero-order valence-corrected chi connectivity index (χ0v) is 17.3. The van der Waals surface area contributed by atoms with E-state index in [1.54, 1.807) is 37.4 Å². The number of ketones is 1. The lowest BCUT2D eigenvalue weighted by atomic mass is 9.87. The van der Waals surface area contributed by atoms with Crippen LogP contribution in [-0.2, 0) is 0 Å². The van der Waals surface area contributed by atoms with E-state index in [1.807, 2.05) is 13.8 Å². The summed E-state index contributed by atoms with van der Waals surface area (Å²) in [5, 5.41) is 3.35. The number of aromatic nitrogens is 1. The van der Waals surface area contributed by atoms with E-state index in [1.165, 1.54) is 0 Å². The first-order chi connectivity index (χ1) is 13.3. The summed E-state index contributed by atoms with van der Waals surface area (Å²) in [5.41, 5.74) is 1.08. The molecule has 4 rings (SSSR count). The molecule has 28 heavy (non-hydrogen) atoms. The van der Waals surface area contributed by atoms with Crippen molar-refractivity contribution in [1.82, 2.24) is 4.98 Å². The van der Waals surface area contributed by atoms with Gasteiger partial charge in [0.15, 0.2) is 11.5 Å². The van der Waals surface area contributed by atoms with Crippen LogP contribution in [0.15, 0.2) is 39.4 Å². The molecule has 0 aliphatic carbocycles. The van der Waals surface area contributed by atoms with E-state index in [4.69, 9.17) is 9.15 Å². The molecule has 2 aromatic heterocycles. The molecule has 6 nitrogen and oxygen atoms in total. The van der Waals surface area contributed by atoms with Crippen LogP contribution >= 0.6 is 15.9 Å². The minimum absolute atomic E-state index is 0.00151. The van der Waals surface area contributed by atoms with Crippen LogP contribution in [0.5, 0.6) is 5.75 Å². The predicted octanol–water partition coefficient (Wildman–Crippen LogP) is 5.28. The highest BCUT2D eigenvalue weighted by molar-refractivity contribution is 9.10. The number of Topliss-reactive ketones (excluding diaryl/α,β-unsaturated/α-hetero) is 1. The number of anilines is 1. The number of amides is 1. The first kappa shape index (κ1) is 18.7. The smallest absolute Gasteiger partial charge is 0.292 e. The normalized spacial score (nSPS) is 18.6. The van der Waals surface area contributed by atoms with Crippen LogP contribution in [0.1, 0.15) is 53.2 Å². The number of ether oxygens (including phenoxy) is 1. The molecule has 1 unspecified atom stereocenters. The van der Waals surface area contributed by atoms with Gasteiger partial charge in [0.05, 0.1) is 12.0 Å². The van der Waals surface area contributed by atoms with Crippen molar-refractivity contribution in [2.45, 2.75) is 39.2 Å². The number of nitrogens with one attached hydrogen (secondary N) is 1. The molecule has 1 amide bonds. The second-order valence-electron chi connectivity index (χ2n) is 7.19. The van der Waals surface area contributed by atoms with Gasteiger partial charge >= 0.3 is 0 Å². The highest BCUT2D eigenvalue weighted by atomic mass is 79.9. The number of nitrogens with zero attached hydrogens (tertiary/aromatic N) is 1. The maximum atomic E-state index is 12.9. The zero-order chi connectivity index (χ0) is 20.1. The van der Waals surface area contributed by atoms with Crippen molar-refractivity contribution >= 4 is 44.4 Å². The Hall–Kier alpha value is -2.67. The van der Waals surface area contributed by atoms with Gasteiger partial charge in [0.2, 0.25) is 0 Å². The Bertz CT molecular complexity index is 1100. The van der Waals surface area contributed by atoms with Gasteiger partial charge in [-0.15, -0.1) is 0 Å². The second-order valence-corrected chi connectivity index (χ2v) is 8.10. The van der Waals surface area contributed by atoms with Gasteiger partial charge < -0.3 is 14.5 Å². The molecule has 1 aliphatic rings. The van der Waals surface area contributed by atoms with Crippen molar-refractivity contribution in [2.75, 3.05) is 5.32 Å². The number of benzene rings is 1. The Morgan fingerprint density at radius 3 is 2.79 bits per heavy atom. The maximum Gasteiger partial charge on any atom is 0.292 e. The largest absolute Gasteiger partial charge is 0.486 e. The standard InChI is InChI=1S/C21H19BrN2O4/c1-4-21(3)9-13(25)18-15(28-21)7-6-14-17(18)11(2)19(27-14)20(26)24-16-8-5-12(22)10-23-16/h5-8,10H,4,9H2,1-3H3,(H,23,24,26). The van der Waals surface area contributed by atoms with Gasteiger partial charge in [0.1, 0.15) is 22.8 Å². The predicted molar refractivity (Wildman–Crippen MR) is 109 cm³/mol. The van der Waals surface area contributed by atoms with Crippen molar-refractivity contribution in [3.63, 3.8) is 0 Å². The van der Waals surface area contributed by atoms with Crippen LogP contribution in [0.2, 0.25) is 0 Å². The number of carbonyl (C=O) groups excluding carboxylic acids is 2. The number of aryl methyl sites for hydroxylation is 1. The summed E-state index contributed by atoms with van der Waals surface area (Å²) in [7, 11) is 0. The van der Waals surface area contributed by atoms with Crippen molar-refractivity contribution in [3.05, 3.63) is 51.8 Å². The van der Waals surface area contributed by atoms with E-state index in [-0.39, 0.29) is 11.5 Å². The molecule has 0 bridgehead atoms. The molecular weight excluding hydrogens is 424 g/mol. The van der Waals surface area contributed by atoms with Gasteiger partial charge in [-0.1, -0.05) is 6.92 Å². The fraction of sp³-hybridized carbons (Fsp3) is 0.286. The lowest BCUT2D eigenvalue weighted by Crippen LogP contribution is -2.38. The summed E-state index contributed by atoms with van der Waals surface area (Å²) in [5.74, 6) is 0.693. The number of furan rings is 1. The van der Waals surface area contributed by atoms with E-state index >= 15 is 0 Å². The van der Waals surface area contributed by atoms with Crippen LogP contribution in [-0.4, -0.2) is 22.3 Å². The molecule has 1 atom stereocenters. The summed E-state index contributed by atoms with van der Waals surface area (Å²) in [4.78, 5) is 29.7. The minimum atomic E-state index is -0.511. The number of pyridine rings is 1. The zero-order valence-electron chi connectivity index (χ0n) is 15.8. The SMILES string of the molecule is CCC1(C)CC(=O)c2c(ccc3oc(C(=O)Nc4ccc(Br)cn4)c(C)c23)O1. The molecule has 1 aliphatic heterocycles. The fourth-order valence-corrected chi connectivity index (χ4v) is 3.68. The van der Waals surface area contributed by atoms with Crippen molar-refractivity contribution in [2.24, 2.45) is 0 Å². The van der Waals surface area contributed by atoms with E-state index < -0.39 is 11.5 Å². The number of rotatable bonds is 3. The average molecular weight is 443 g/mol. The Morgan fingerprint density at radius 1 is 1.32 bits per heavy atom. The van der Waals surface area contributed by atoms with Gasteiger partial charge in [-0.05, 0) is 60.5 Å².